The number of nitrogens with two attached hydrogens (primary N) is 1. The highest BCUT2D eigenvalue weighted by atomic mass is 19.1. The quantitative estimate of drug-likeness (QED) is 0.387. The van der Waals surface area contributed by atoms with Crippen molar-refractivity contribution in [2.75, 3.05) is 16.5 Å². The van der Waals surface area contributed by atoms with E-state index in [-0.39, 0.29) is 17.1 Å². The lowest BCUT2D eigenvalue weighted by atomic mass is 10.2. The van der Waals surface area contributed by atoms with Gasteiger partial charge in [0.1, 0.15) is 17.8 Å². The van der Waals surface area contributed by atoms with Crippen molar-refractivity contribution in [3.63, 3.8) is 0 Å². The lowest BCUT2D eigenvalue weighted by molar-refractivity contribution is 0.0958. The summed E-state index contributed by atoms with van der Waals surface area (Å²) in [5.41, 5.74) is 12.7. The van der Waals surface area contributed by atoms with Crippen LogP contribution >= 0.6 is 0 Å². The number of hydrogen-bond donors (Lipinski definition) is 4. The monoisotopic (exact) mass is 389 g/mol. The molecular formula is C20H16FN7O. The minimum Gasteiger partial charge on any atom is -0.393 e. The smallest absolute Gasteiger partial charge is 0.272 e. The highest BCUT2D eigenvalue weighted by Crippen LogP contribution is 2.28. The Morgan fingerprint density at radius 3 is 2.59 bits per heavy atom. The molecule has 0 bridgehead atoms. The van der Waals surface area contributed by atoms with Gasteiger partial charge in [0.2, 0.25) is 0 Å². The zero-order valence-corrected chi connectivity index (χ0v) is 15.1. The van der Waals surface area contributed by atoms with Gasteiger partial charge >= 0.3 is 0 Å². The number of carbonyl (C=O) groups excluding carboxylic acids is 1. The Morgan fingerprint density at radius 2 is 1.72 bits per heavy atom. The van der Waals surface area contributed by atoms with Gasteiger partial charge in [0, 0.05) is 11.6 Å². The van der Waals surface area contributed by atoms with Crippen molar-refractivity contribution >= 4 is 39.8 Å². The first-order valence-electron chi connectivity index (χ1n) is 8.65. The lowest BCUT2D eigenvalue weighted by Crippen LogP contribution is -2.31. The van der Waals surface area contributed by atoms with Crippen LogP contribution in [-0.2, 0) is 0 Å². The lowest BCUT2D eigenvalue weighted by Gasteiger charge is -2.14. The van der Waals surface area contributed by atoms with E-state index in [1.807, 2.05) is 30.3 Å². The van der Waals surface area contributed by atoms with Gasteiger partial charge < -0.3 is 11.1 Å². The molecule has 144 valence electrons. The summed E-state index contributed by atoms with van der Waals surface area (Å²) in [5, 5.41) is 4.09. The molecule has 0 radical (unpaired) electrons. The second-order valence-electron chi connectivity index (χ2n) is 6.05. The number of nitrogen functional groups attached to an aromatic ring is 1. The molecule has 2 aromatic heterocycles. The number of rotatable bonds is 5. The average Bonchev–Trinajstić information content (AvgIpc) is 2.75. The molecule has 0 saturated carbocycles. The van der Waals surface area contributed by atoms with E-state index in [2.05, 4.69) is 31.1 Å². The fraction of sp³-hybridized carbons (Fsp3) is 0. The molecule has 1 amide bonds. The van der Waals surface area contributed by atoms with Gasteiger partial charge in [-0.3, -0.25) is 20.6 Å². The van der Waals surface area contributed by atoms with E-state index in [1.165, 1.54) is 24.5 Å². The molecule has 0 aliphatic carbocycles. The summed E-state index contributed by atoms with van der Waals surface area (Å²) in [5.74, 6) is -0.789. The third-order valence-electron chi connectivity index (χ3n) is 4.18. The van der Waals surface area contributed by atoms with E-state index in [9.17, 15) is 9.18 Å². The molecular weight excluding hydrogens is 373 g/mol. The summed E-state index contributed by atoms with van der Waals surface area (Å²) >= 11 is 0. The van der Waals surface area contributed by atoms with Crippen LogP contribution in [-0.4, -0.2) is 20.9 Å². The molecule has 8 nitrogen and oxygen atoms in total. The number of halogens is 1. The maximum Gasteiger partial charge on any atom is 0.272 e. The predicted molar refractivity (Wildman–Crippen MR) is 109 cm³/mol. The van der Waals surface area contributed by atoms with Gasteiger partial charge in [-0.15, -0.1) is 0 Å². The maximum absolute atomic E-state index is 13.7. The largest absolute Gasteiger partial charge is 0.393 e. The Hall–Kier alpha value is -4.27. The van der Waals surface area contributed by atoms with E-state index >= 15 is 0 Å². The number of para-hydroxylation sites is 1. The minimum absolute atomic E-state index is 0.104. The first-order valence-corrected chi connectivity index (χ1v) is 8.65. The summed E-state index contributed by atoms with van der Waals surface area (Å²) in [6.07, 6.45) is 2.98. The fourth-order valence-corrected chi connectivity index (χ4v) is 2.76. The third kappa shape index (κ3) is 3.74. The van der Waals surface area contributed by atoms with E-state index in [4.69, 9.17) is 5.73 Å². The summed E-state index contributed by atoms with van der Waals surface area (Å²) in [7, 11) is 0. The predicted octanol–water partition coefficient (Wildman–Crippen LogP) is 3.25. The van der Waals surface area contributed by atoms with Gasteiger partial charge in [-0.2, -0.15) is 0 Å². The van der Waals surface area contributed by atoms with Crippen LogP contribution in [0, 0.1) is 5.82 Å². The third-order valence-corrected chi connectivity index (χ3v) is 4.18. The normalized spacial score (nSPS) is 10.5. The number of benzene rings is 2. The molecule has 4 rings (SSSR count). The maximum atomic E-state index is 13.7. The van der Waals surface area contributed by atoms with Crippen LogP contribution in [0.15, 0.2) is 67.1 Å². The van der Waals surface area contributed by atoms with Crippen molar-refractivity contribution in [2.24, 2.45) is 0 Å². The average molecular weight is 389 g/mol. The van der Waals surface area contributed by atoms with Crippen LogP contribution in [0.2, 0.25) is 0 Å². The Morgan fingerprint density at radius 1 is 0.931 bits per heavy atom. The Kier molecular flexibility index (Phi) is 4.85. The molecule has 5 N–H and O–H groups in total. The second-order valence-corrected chi connectivity index (χ2v) is 6.05. The molecule has 0 saturated heterocycles. The van der Waals surface area contributed by atoms with Gasteiger partial charge in [-0.1, -0.05) is 30.3 Å². The molecule has 4 aromatic rings. The van der Waals surface area contributed by atoms with Crippen LogP contribution in [0.5, 0.6) is 0 Å². The van der Waals surface area contributed by atoms with Gasteiger partial charge in [-0.05, 0) is 24.3 Å². The topological polar surface area (TPSA) is 118 Å². The zero-order chi connectivity index (χ0) is 20.2. The Balaban J connectivity index is 1.55. The van der Waals surface area contributed by atoms with Crippen LogP contribution in [0.4, 0.5) is 27.4 Å². The van der Waals surface area contributed by atoms with Crippen molar-refractivity contribution in [3.05, 3.63) is 78.5 Å². The van der Waals surface area contributed by atoms with E-state index in [0.717, 1.165) is 16.6 Å². The first kappa shape index (κ1) is 18.1. The Bertz CT molecular complexity index is 1190. The number of nitrogens with one attached hydrogen (secondary N) is 3. The van der Waals surface area contributed by atoms with Gasteiger partial charge in [-0.25, -0.2) is 14.4 Å². The first-order chi connectivity index (χ1) is 14.1. The molecule has 0 atom stereocenters. The molecule has 9 heteroatoms. The number of nitrogens with zero attached hydrogens (tertiary/aromatic N) is 3. The molecule has 0 unspecified atom stereocenters. The highest BCUT2D eigenvalue weighted by molar-refractivity contribution is 5.96. The number of carbonyl (C=O) groups is 1. The summed E-state index contributed by atoms with van der Waals surface area (Å²) in [6, 6.07) is 15.1. The van der Waals surface area contributed by atoms with Crippen LogP contribution < -0.4 is 21.9 Å². The van der Waals surface area contributed by atoms with Crippen LogP contribution in [0.25, 0.3) is 10.9 Å². The van der Waals surface area contributed by atoms with E-state index < -0.39 is 11.7 Å². The number of amides is 1. The number of anilines is 4. The van der Waals surface area contributed by atoms with Crippen molar-refractivity contribution in [1.29, 1.82) is 0 Å². The number of pyridine rings is 1. The van der Waals surface area contributed by atoms with Gasteiger partial charge in [0.25, 0.3) is 5.91 Å². The zero-order valence-electron chi connectivity index (χ0n) is 15.1. The van der Waals surface area contributed by atoms with Crippen LogP contribution in [0.3, 0.4) is 0 Å². The van der Waals surface area contributed by atoms with Crippen molar-refractivity contribution in [2.45, 2.75) is 0 Å². The minimum atomic E-state index is -0.658. The van der Waals surface area contributed by atoms with E-state index in [1.54, 1.807) is 12.3 Å². The van der Waals surface area contributed by atoms with E-state index in [0.29, 0.717) is 5.82 Å². The number of hydrazine groups is 1. The van der Waals surface area contributed by atoms with Crippen molar-refractivity contribution in [3.8, 4) is 0 Å². The molecule has 0 spiro atoms. The number of aromatic nitrogens is 3. The van der Waals surface area contributed by atoms with Crippen LogP contribution in [0.1, 0.15) is 10.4 Å². The molecule has 0 fully saturated rings. The molecule has 2 heterocycles. The standard InChI is InChI=1S/C20H16FN7O/c21-14-8-2-1-7-13(14)20(29)28-27-19-16(22)18(24-11-25-19)26-15-9-3-5-12-6-4-10-23-17(12)15/h1-11H,22H2,(H,28,29)(H2,24,25,26,27). The van der Waals surface area contributed by atoms with Crippen molar-refractivity contribution < 1.29 is 9.18 Å². The van der Waals surface area contributed by atoms with Crippen molar-refractivity contribution in [1.82, 2.24) is 20.4 Å². The fourth-order valence-electron chi connectivity index (χ4n) is 2.76. The number of fused-ring (bicyclic) bond motifs is 1. The number of hydrogen-bond acceptors (Lipinski definition) is 7. The molecule has 0 aliphatic heterocycles. The molecule has 0 aliphatic rings. The molecule has 29 heavy (non-hydrogen) atoms. The van der Waals surface area contributed by atoms with Gasteiger partial charge in [0.05, 0.1) is 16.8 Å². The molecule has 2 aromatic carbocycles. The summed E-state index contributed by atoms with van der Waals surface area (Å²) in [4.78, 5) is 24.7. The Labute approximate surface area is 165 Å². The second kappa shape index (κ2) is 7.77. The SMILES string of the molecule is Nc1c(NNC(=O)c2ccccc2F)ncnc1Nc1cccc2cccnc12. The van der Waals surface area contributed by atoms with Gasteiger partial charge in [0.15, 0.2) is 11.6 Å². The summed E-state index contributed by atoms with van der Waals surface area (Å²) < 4.78 is 13.7. The summed E-state index contributed by atoms with van der Waals surface area (Å²) in [6.45, 7) is 0. The highest BCUT2D eigenvalue weighted by Gasteiger charge is 2.13.